The predicted molar refractivity (Wildman–Crippen MR) is 73.9 cm³/mol. The number of rotatable bonds is 0. The molecule has 0 aromatic heterocycles. The maximum Gasteiger partial charge on any atom is 0 e. The second-order valence-corrected chi connectivity index (χ2v) is 5.66. The molecule has 2 saturated carbocycles. The molecule has 0 amide bonds. The Bertz CT molecular complexity index is 69.5. The molecule has 1 heteroatoms. The van der Waals surface area contributed by atoms with E-state index in [2.05, 4.69) is 0 Å². The number of hydrogen-bond acceptors (Lipinski definition) is 0. The summed E-state index contributed by atoms with van der Waals surface area (Å²) in [6.07, 6.45) is 24.0. The number of hydrogen-bond donors (Lipinski definition) is 0. The summed E-state index contributed by atoms with van der Waals surface area (Å²) >= 11 is 0. The van der Waals surface area contributed by atoms with Crippen molar-refractivity contribution in [1.29, 1.82) is 0 Å². The summed E-state index contributed by atoms with van der Waals surface area (Å²) in [5.41, 5.74) is 0. The van der Waals surface area contributed by atoms with E-state index >= 15 is 0 Å². The molecule has 0 unspecified atom stereocenters. The van der Waals surface area contributed by atoms with Crippen LogP contribution in [0.2, 0.25) is 0 Å². The van der Waals surface area contributed by atoms with Gasteiger partial charge in [-0.1, -0.05) is 103 Å². The van der Waals surface area contributed by atoms with Crippen LogP contribution >= 0.6 is 0 Å². The molecule has 2 aliphatic rings. The molecule has 0 aromatic rings. The minimum Gasteiger partial charge on any atom is -0.0533 e. The van der Waals surface area contributed by atoms with Crippen molar-refractivity contribution in [3.63, 3.8) is 0 Å². The molecule has 2 aliphatic carbocycles. The van der Waals surface area contributed by atoms with E-state index in [-0.39, 0.29) is 29.9 Å². The minimum atomic E-state index is 0. The van der Waals surface area contributed by atoms with Crippen LogP contribution in [0, 0.1) is 29.9 Å². The van der Waals surface area contributed by atoms with Gasteiger partial charge in [0.25, 0.3) is 0 Å². The van der Waals surface area contributed by atoms with Crippen molar-refractivity contribution in [1.82, 2.24) is 0 Å². The van der Waals surface area contributed by atoms with Crippen molar-refractivity contribution in [2.24, 2.45) is 0 Å². The van der Waals surface area contributed by atoms with E-state index in [4.69, 9.17) is 0 Å². The Kier molecular flexibility index (Phi) is 16.0. The van der Waals surface area contributed by atoms with Crippen LogP contribution in [0.15, 0.2) is 0 Å². The van der Waals surface area contributed by atoms with Crippen molar-refractivity contribution >= 4 is 0 Å². The first-order valence-electron chi connectivity index (χ1n) is 8.00. The maximum absolute atomic E-state index is 1.50. The van der Waals surface area contributed by atoms with Crippen molar-refractivity contribution < 1.29 is 29.9 Å². The zero-order valence-corrected chi connectivity index (χ0v) is 15.5. The van der Waals surface area contributed by atoms with Crippen LogP contribution in [0.25, 0.3) is 0 Å². The second kappa shape index (κ2) is 15.1. The van der Waals surface area contributed by atoms with Crippen molar-refractivity contribution in [3.8, 4) is 0 Å². The minimum absolute atomic E-state index is 0. The van der Waals surface area contributed by atoms with Gasteiger partial charge in [-0.3, -0.25) is 0 Å². The molecule has 2 fully saturated rings. The first-order valence-corrected chi connectivity index (χ1v) is 8.00. The molecule has 0 bridgehead atoms. The zero-order valence-electron chi connectivity index (χ0n) is 11.8. The van der Waals surface area contributed by atoms with E-state index in [1.165, 1.54) is 103 Å². The fraction of sp³-hybridized carbons (Fsp3) is 1.00. The fourth-order valence-electron chi connectivity index (χ4n) is 2.83. The smallest absolute Gasteiger partial charge is 0 e. The SMILES string of the molecule is C1CCCCCCC1.C1CCCCCCC1.[Np]. The van der Waals surface area contributed by atoms with E-state index in [1.54, 1.807) is 0 Å². The average Bonchev–Trinajstić information content (AvgIpc) is 2.15. The quantitative estimate of drug-likeness (QED) is 0.401. The molecule has 0 spiro atoms. The van der Waals surface area contributed by atoms with Crippen molar-refractivity contribution in [3.05, 3.63) is 0 Å². The Morgan fingerprint density at radius 1 is 0.176 bits per heavy atom. The van der Waals surface area contributed by atoms with Gasteiger partial charge in [-0.2, -0.15) is 0 Å². The second-order valence-electron chi connectivity index (χ2n) is 5.66. The van der Waals surface area contributed by atoms with Crippen molar-refractivity contribution in [2.75, 3.05) is 0 Å². The first kappa shape index (κ1) is 18.0. The summed E-state index contributed by atoms with van der Waals surface area (Å²) < 4.78 is 0. The monoisotopic (exact) mass is 460 g/mol. The van der Waals surface area contributed by atoms with Gasteiger partial charge in [-0.15, -0.1) is 0 Å². The molecule has 101 valence electrons. The first-order chi connectivity index (χ1) is 8.00. The average molecular weight is 461 g/mol. The molecule has 0 aliphatic heterocycles. The van der Waals surface area contributed by atoms with Crippen LogP contribution in [0.3, 0.4) is 0 Å². The Labute approximate surface area is 132 Å². The Morgan fingerprint density at radius 3 is 0.294 bits per heavy atom. The third-order valence-electron chi connectivity index (χ3n) is 4.00. The van der Waals surface area contributed by atoms with Gasteiger partial charge in [0.15, 0.2) is 0 Å². The predicted octanol–water partition coefficient (Wildman–Crippen LogP) is 6.24. The van der Waals surface area contributed by atoms with Crippen LogP contribution in [0.4, 0.5) is 0 Å². The largest absolute Gasteiger partial charge is 0.0533 e. The van der Waals surface area contributed by atoms with Crippen LogP contribution in [-0.4, -0.2) is 0 Å². The van der Waals surface area contributed by atoms with E-state index in [0.29, 0.717) is 0 Å². The summed E-state index contributed by atoms with van der Waals surface area (Å²) in [5.74, 6) is 0. The summed E-state index contributed by atoms with van der Waals surface area (Å²) in [7, 11) is 0. The van der Waals surface area contributed by atoms with Gasteiger partial charge in [0.2, 0.25) is 0 Å². The maximum atomic E-state index is 1.50. The molecular weight excluding hydrogens is 429 g/mol. The third kappa shape index (κ3) is 13.2. The topological polar surface area (TPSA) is 0 Å². The van der Waals surface area contributed by atoms with E-state index in [1.807, 2.05) is 0 Å². The molecule has 0 atom stereocenters. The van der Waals surface area contributed by atoms with Gasteiger partial charge in [0.05, 0.1) is 0 Å². The molecule has 1 radical (unpaired) electrons. The molecule has 0 heterocycles. The van der Waals surface area contributed by atoms with Crippen LogP contribution < -0.4 is 0 Å². The molecule has 0 saturated heterocycles. The zero-order chi connectivity index (χ0) is 11.3. The molecule has 0 aromatic carbocycles. The van der Waals surface area contributed by atoms with Crippen LogP contribution in [0.1, 0.15) is 103 Å². The third-order valence-corrected chi connectivity index (χ3v) is 4.00. The molecule has 17 heavy (non-hydrogen) atoms. The summed E-state index contributed by atoms with van der Waals surface area (Å²) in [6, 6.07) is 0. The van der Waals surface area contributed by atoms with Gasteiger partial charge in [0, 0.05) is 29.9 Å². The van der Waals surface area contributed by atoms with Crippen LogP contribution in [0.5, 0.6) is 0 Å². The van der Waals surface area contributed by atoms with E-state index in [9.17, 15) is 0 Å². The summed E-state index contributed by atoms with van der Waals surface area (Å²) in [6.45, 7) is 0. The Morgan fingerprint density at radius 2 is 0.235 bits per heavy atom. The van der Waals surface area contributed by atoms with Gasteiger partial charge in [-0.05, 0) is 0 Å². The fourth-order valence-corrected chi connectivity index (χ4v) is 2.83. The van der Waals surface area contributed by atoms with Gasteiger partial charge in [-0.25, -0.2) is 0 Å². The molecule has 0 nitrogen and oxygen atoms in total. The van der Waals surface area contributed by atoms with E-state index < -0.39 is 0 Å². The Balaban J connectivity index is 0.000000284. The van der Waals surface area contributed by atoms with Gasteiger partial charge in [0.1, 0.15) is 0 Å². The van der Waals surface area contributed by atoms with Crippen LogP contribution in [-0.2, 0) is 0 Å². The normalized spacial score (nSPS) is 22.6. The molecular formula is C16H32Np. The summed E-state index contributed by atoms with van der Waals surface area (Å²) in [5, 5.41) is 0. The molecule has 0 N–H and O–H groups in total. The van der Waals surface area contributed by atoms with Gasteiger partial charge < -0.3 is 0 Å². The van der Waals surface area contributed by atoms with Gasteiger partial charge >= 0.3 is 0 Å². The Hall–Kier alpha value is 1.01. The molecule has 2 rings (SSSR count). The standard InChI is InChI=1S/2C8H16.Np/c2*1-2-4-6-8-7-5-3-1;/h2*1-8H2;. The summed E-state index contributed by atoms with van der Waals surface area (Å²) in [4.78, 5) is 0. The van der Waals surface area contributed by atoms with Crippen molar-refractivity contribution in [2.45, 2.75) is 103 Å². The van der Waals surface area contributed by atoms with E-state index in [0.717, 1.165) is 0 Å².